The van der Waals surface area contributed by atoms with Crippen molar-refractivity contribution >= 4 is 9.84 Å². The van der Waals surface area contributed by atoms with Gasteiger partial charge in [-0.2, -0.15) is 0 Å². The second-order valence-corrected chi connectivity index (χ2v) is 6.99. The first kappa shape index (κ1) is 10.4. The summed E-state index contributed by atoms with van der Waals surface area (Å²) in [6.45, 7) is 0. The molecule has 0 bridgehead atoms. The van der Waals surface area contributed by atoms with Crippen LogP contribution in [0.5, 0.6) is 0 Å². The zero-order chi connectivity index (χ0) is 10.2. The van der Waals surface area contributed by atoms with Crippen LogP contribution in [0.25, 0.3) is 0 Å². The highest BCUT2D eigenvalue weighted by molar-refractivity contribution is 7.91. The Labute approximate surface area is 85.4 Å². The van der Waals surface area contributed by atoms with Gasteiger partial charge in [-0.3, -0.25) is 0 Å². The number of aliphatic hydroxyl groups excluding tert-OH is 1. The van der Waals surface area contributed by atoms with Crippen molar-refractivity contribution in [2.24, 2.45) is 11.8 Å². The molecule has 0 aromatic rings. The first-order valence-electron chi connectivity index (χ1n) is 5.45. The van der Waals surface area contributed by atoms with Crippen LogP contribution in [0.1, 0.15) is 32.1 Å². The summed E-state index contributed by atoms with van der Waals surface area (Å²) < 4.78 is 22.4. The lowest BCUT2D eigenvalue weighted by Crippen LogP contribution is -2.27. The highest BCUT2D eigenvalue weighted by Gasteiger charge is 2.34. The first-order chi connectivity index (χ1) is 6.57. The fourth-order valence-corrected chi connectivity index (χ4v) is 4.26. The quantitative estimate of drug-likeness (QED) is 0.768. The normalized spacial score (nSPS) is 33.9. The van der Waals surface area contributed by atoms with Crippen LogP contribution in [0.4, 0.5) is 0 Å². The van der Waals surface area contributed by atoms with E-state index in [-0.39, 0.29) is 23.5 Å². The number of aliphatic hydroxyl groups is 1. The van der Waals surface area contributed by atoms with Crippen LogP contribution < -0.4 is 0 Å². The van der Waals surface area contributed by atoms with Crippen molar-refractivity contribution in [2.75, 3.05) is 11.5 Å². The van der Waals surface area contributed by atoms with E-state index in [1.54, 1.807) is 0 Å². The average Bonchev–Trinajstić information content (AvgIpc) is 2.38. The SMILES string of the molecule is O=S1(=O)CCC(C(O)CC2CCC2)C1. The Bertz CT molecular complexity index is 292. The predicted octanol–water partition coefficient (Wildman–Crippen LogP) is 0.972. The molecule has 1 heterocycles. The van der Waals surface area contributed by atoms with Crippen LogP contribution >= 0.6 is 0 Å². The maximum absolute atomic E-state index is 11.2. The minimum Gasteiger partial charge on any atom is -0.393 e. The highest BCUT2D eigenvalue weighted by Crippen LogP contribution is 2.34. The molecule has 2 unspecified atom stereocenters. The van der Waals surface area contributed by atoms with E-state index < -0.39 is 9.84 Å². The lowest BCUT2D eigenvalue weighted by molar-refractivity contribution is 0.0750. The topological polar surface area (TPSA) is 54.4 Å². The maximum Gasteiger partial charge on any atom is 0.150 e. The molecule has 1 aliphatic heterocycles. The maximum atomic E-state index is 11.2. The molecular formula is C10H18O3S. The van der Waals surface area contributed by atoms with Gasteiger partial charge >= 0.3 is 0 Å². The molecule has 0 amide bonds. The van der Waals surface area contributed by atoms with Crippen LogP contribution in [0.3, 0.4) is 0 Å². The van der Waals surface area contributed by atoms with E-state index in [0.29, 0.717) is 12.3 Å². The number of rotatable bonds is 3. The average molecular weight is 218 g/mol. The van der Waals surface area contributed by atoms with Crippen molar-refractivity contribution in [3.05, 3.63) is 0 Å². The van der Waals surface area contributed by atoms with Gasteiger partial charge in [-0.15, -0.1) is 0 Å². The van der Waals surface area contributed by atoms with Gasteiger partial charge in [0.2, 0.25) is 0 Å². The van der Waals surface area contributed by atoms with Crippen LogP contribution in [-0.2, 0) is 9.84 Å². The molecule has 2 atom stereocenters. The van der Waals surface area contributed by atoms with Crippen LogP contribution in [0.15, 0.2) is 0 Å². The van der Waals surface area contributed by atoms with Crippen molar-refractivity contribution < 1.29 is 13.5 Å². The Morgan fingerprint density at radius 2 is 2.00 bits per heavy atom. The third-order valence-corrected chi connectivity index (χ3v) is 5.41. The van der Waals surface area contributed by atoms with Gasteiger partial charge in [-0.1, -0.05) is 19.3 Å². The van der Waals surface area contributed by atoms with Crippen LogP contribution in [-0.4, -0.2) is 31.1 Å². The van der Waals surface area contributed by atoms with E-state index in [1.807, 2.05) is 0 Å². The zero-order valence-corrected chi connectivity index (χ0v) is 9.17. The molecule has 1 saturated carbocycles. The summed E-state index contributed by atoms with van der Waals surface area (Å²) >= 11 is 0. The second kappa shape index (κ2) is 3.81. The van der Waals surface area contributed by atoms with Gasteiger partial charge in [0.05, 0.1) is 17.6 Å². The Kier molecular flexibility index (Phi) is 2.84. The summed E-state index contributed by atoms with van der Waals surface area (Å²) in [4.78, 5) is 0. The van der Waals surface area contributed by atoms with Crippen LogP contribution in [0.2, 0.25) is 0 Å². The van der Waals surface area contributed by atoms with Gasteiger partial charge in [0.1, 0.15) is 0 Å². The third kappa shape index (κ3) is 2.28. The van der Waals surface area contributed by atoms with Crippen molar-refractivity contribution in [1.82, 2.24) is 0 Å². The largest absolute Gasteiger partial charge is 0.393 e. The van der Waals surface area contributed by atoms with Gasteiger partial charge < -0.3 is 5.11 Å². The van der Waals surface area contributed by atoms with Crippen molar-refractivity contribution in [3.63, 3.8) is 0 Å². The Morgan fingerprint density at radius 1 is 1.29 bits per heavy atom. The van der Waals surface area contributed by atoms with Gasteiger partial charge in [-0.05, 0) is 24.7 Å². The molecule has 2 rings (SSSR count). The van der Waals surface area contributed by atoms with Crippen molar-refractivity contribution in [1.29, 1.82) is 0 Å². The molecule has 0 radical (unpaired) electrons. The van der Waals surface area contributed by atoms with Gasteiger partial charge in [-0.25, -0.2) is 8.42 Å². The van der Waals surface area contributed by atoms with Gasteiger partial charge in [0, 0.05) is 0 Å². The molecule has 2 aliphatic rings. The second-order valence-electron chi connectivity index (χ2n) is 4.76. The minimum absolute atomic E-state index is 0.0144. The van der Waals surface area contributed by atoms with Crippen LogP contribution in [0, 0.1) is 11.8 Å². The molecule has 1 N–H and O–H groups in total. The van der Waals surface area contributed by atoms with E-state index in [4.69, 9.17) is 0 Å². The van der Waals surface area contributed by atoms with E-state index in [1.165, 1.54) is 19.3 Å². The van der Waals surface area contributed by atoms with E-state index in [0.717, 1.165) is 6.42 Å². The molecule has 0 spiro atoms. The smallest absolute Gasteiger partial charge is 0.150 e. The Balaban J connectivity index is 1.83. The van der Waals surface area contributed by atoms with E-state index in [9.17, 15) is 13.5 Å². The van der Waals surface area contributed by atoms with Crippen molar-refractivity contribution in [2.45, 2.75) is 38.2 Å². The molecule has 2 fully saturated rings. The molecular weight excluding hydrogens is 200 g/mol. The number of hydrogen-bond donors (Lipinski definition) is 1. The summed E-state index contributed by atoms with van der Waals surface area (Å²) in [5, 5.41) is 9.85. The molecule has 3 nitrogen and oxygen atoms in total. The molecule has 0 aromatic carbocycles. The predicted molar refractivity (Wildman–Crippen MR) is 54.7 cm³/mol. The summed E-state index contributed by atoms with van der Waals surface area (Å²) in [6, 6.07) is 0. The molecule has 82 valence electrons. The third-order valence-electron chi connectivity index (χ3n) is 3.61. The molecule has 4 heteroatoms. The lowest BCUT2D eigenvalue weighted by atomic mass is 9.79. The summed E-state index contributed by atoms with van der Waals surface area (Å²) in [6.07, 6.45) is 4.82. The summed E-state index contributed by atoms with van der Waals surface area (Å²) in [7, 11) is -2.82. The molecule has 1 saturated heterocycles. The molecule has 14 heavy (non-hydrogen) atoms. The fourth-order valence-electron chi connectivity index (χ4n) is 2.39. The summed E-state index contributed by atoms with van der Waals surface area (Å²) in [5.74, 6) is 1.16. The number of hydrogen-bond acceptors (Lipinski definition) is 3. The Hall–Kier alpha value is -0.0900. The van der Waals surface area contributed by atoms with Gasteiger partial charge in [0.15, 0.2) is 9.84 Å². The monoisotopic (exact) mass is 218 g/mol. The molecule has 0 aromatic heterocycles. The standard InChI is InChI=1S/C10H18O3S/c11-10(6-8-2-1-3-8)9-4-5-14(12,13)7-9/h8-11H,1-7H2. The van der Waals surface area contributed by atoms with E-state index in [2.05, 4.69) is 0 Å². The Morgan fingerprint density at radius 3 is 2.43 bits per heavy atom. The fraction of sp³-hybridized carbons (Fsp3) is 1.00. The highest BCUT2D eigenvalue weighted by atomic mass is 32.2. The van der Waals surface area contributed by atoms with Crippen molar-refractivity contribution in [3.8, 4) is 0 Å². The van der Waals surface area contributed by atoms with Gasteiger partial charge in [0.25, 0.3) is 0 Å². The summed E-state index contributed by atoms with van der Waals surface area (Å²) in [5.41, 5.74) is 0. The van der Waals surface area contributed by atoms with E-state index >= 15 is 0 Å². The first-order valence-corrected chi connectivity index (χ1v) is 7.27. The molecule has 1 aliphatic carbocycles. The number of sulfone groups is 1. The minimum atomic E-state index is -2.82. The lowest BCUT2D eigenvalue weighted by Gasteiger charge is -2.29. The zero-order valence-electron chi connectivity index (χ0n) is 8.35.